The van der Waals surface area contributed by atoms with E-state index in [2.05, 4.69) is 16.4 Å². The number of carbonyl (C=O) groups is 1. The van der Waals surface area contributed by atoms with Crippen LogP contribution in [0.3, 0.4) is 0 Å². The molecule has 1 saturated heterocycles. The van der Waals surface area contributed by atoms with Crippen molar-refractivity contribution in [1.82, 2.24) is 10.3 Å². The second-order valence-electron chi connectivity index (χ2n) is 7.31. The van der Waals surface area contributed by atoms with Crippen LogP contribution < -0.4 is 10.2 Å². The van der Waals surface area contributed by atoms with Gasteiger partial charge in [0.05, 0.1) is 5.56 Å². The van der Waals surface area contributed by atoms with Gasteiger partial charge < -0.3 is 10.2 Å². The summed E-state index contributed by atoms with van der Waals surface area (Å²) < 4.78 is 37.9. The lowest BCUT2D eigenvalue weighted by atomic mass is 9.95. The molecule has 0 spiro atoms. The first-order valence-corrected chi connectivity index (χ1v) is 9.67. The fraction of sp³-hybridized carbons (Fsp3) is 0.600. The number of nitrogens with one attached hydrogen (secondary N) is 1. The number of halogens is 3. The van der Waals surface area contributed by atoms with Gasteiger partial charge in [0.1, 0.15) is 5.82 Å². The molecule has 148 valence electrons. The number of hydrogen-bond donors (Lipinski definition) is 1. The molecule has 7 heteroatoms. The normalized spacial score (nSPS) is 18.9. The molecule has 1 aromatic rings. The third kappa shape index (κ3) is 5.47. The number of allylic oxidation sites excluding steroid dienone is 1. The quantitative estimate of drug-likeness (QED) is 0.773. The van der Waals surface area contributed by atoms with Crippen molar-refractivity contribution in [2.75, 3.05) is 24.5 Å². The number of pyridine rings is 1. The summed E-state index contributed by atoms with van der Waals surface area (Å²) in [6.07, 6.45) is 5.92. The van der Waals surface area contributed by atoms with E-state index in [4.69, 9.17) is 0 Å². The molecule has 0 unspecified atom stereocenters. The van der Waals surface area contributed by atoms with Crippen LogP contribution in [0.25, 0.3) is 0 Å². The molecule has 0 bridgehead atoms. The Morgan fingerprint density at radius 2 is 2.00 bits per heavy atom. The smallest absolute Gasteiger partial charge is 0.357 e. The third-order valence-corrected chi connectivity index (χ3v) is 5.40. The molecule has 0 radical (unpaired) electrons. The van der Waals surface area contributed by atoms with Crippen molar-refractivity contribution in [3.05, 3.63) is 35.5 Å². The molecule has 1 fully saturated rings. The van der Waals surface area contributed by atoms with Crippen LogP contribution in [-0.2, 0) is 11.0 Å². The summed E-state index contributed by atoms with van der Waals surface area (Å²) in [5.41, 5.74) is 0.707. The van der Waals surface area contributed by atoms with Crippen LogP contribution in [0.4, 0.5) is 19.0 Å². The minimum atomic E-state index is -4.37. The number of hydrogen-bond acceptors (Lipinski definition) is 3. The summed E-state index contributed by atoms with van der Waals surface area (Å²) >= 11 is 0. The number of rotatable bonds is 5. The zero-order chi connectivity index (χ0) is 19.3. The average Bonchev–Trinajstić information content (AvgIpc) is 2.68. The lowest BCUT2D eigenvalue weighted by Gasteiger charge is -2.32. The molecule has 1 aliphatic carbocycles. The van der Waals surface area contributed by atoms with E-state index in [0.29, 0.717) is 38.3 Å². The Morgan fingerprint density at radius 3 is 2.59 bits per heavy atom. The van der Waals surface area contributed by atoms with Crippen molar-refractivity contribution in [3.8, 4) is 0 Å². The molecule has 0 aromatic carbocycles. The average molecular weight is 381 g/mol. The van der Waals surface area contributed by atoms with E-state index < -0.39 is 11.7 Å². The molecule has 1 N–H and O–H groups in total. The first-order chi connectivity index (χ1) is 12.9. The van der Waals surface area contributed by atoms with E-state index in [-0.39, 0.29) is 11.8 Å². The van der Waals surface area contributed by atoms with Gasteiger partial charge in [0.15, 0.2) is 0 Å². The van der Waals surface area contributed by atoms with Crippen molar-refractivity contribution in [2.45, 2.75) is 51.1 Å². The topological polar surface area (TPSA) is 45.2 Å². The third-order valence-electron chi connectivity index (χ3n) is 5.40. The largest absolute Gasteiger partial charge is 0.417 e. The molecule has 2 aliphatic rings. The maximum atomic E-state index is 12.6. The van der Waals surface area contributed by atoms with Gasteiger partial charge in [-0.3, -0.25) is 4.79 Å². The van der Waals surface area contributed by atoms with Crippen molar-refractivity contribution in [2.24, 2.45) is 5.92 Å². The summed E-state index contributed by atoms with van der Waals surface area (Å²) in [6, 6.07) is 2.46. The van der Waals surface area contributed by atoms with E-state index in [1.54, 1.807) is 0 Å². The fourth-order valence-corrected chi connectivity index (χ4v) is 3.73. The van der Waals surface area contributed by atoms with E-state index >= 15 is 0 Å². The van der Waals surface area contributed by atoms with Gasteiger partial charge in [-0.15, -0.1) is 0 Å². The Bertz CT molecular complexity index is 662. The summed E-state index contributed by atoms with van der Waals surface area (Å²) in [5, 5.41) is 3.04. The van der Waals surface area contributed by atoms with E-state index in [1.165, 1.54) is 24.5 Å². The number of piperidine rings is 1. The second-order valence-corrected chi connectivity index (χ2v) is 7.31. The number of alkyl halides is 3. The summed E-state index contributed by atoms with van der Waals surface area (Å²) in [6.45, 7) is 1.94. The molecule has 27 heavy (non-hydrogen) atoms. The van der Waals surface area contributed by atoms with Gasteiger partial charge in [0.25, 0.3) is 0 Å². The highest BCUT2D eigenvalue weighted by atomic mass is 19.4. The SMILES string of the molecule is O=C(NCCC1=CCCCC1)C1CCN(c2ccc(C(F)(F)F)cn2)CC1. The van der Waals surface area contributed by atoms with Crippen LogP contribution in [-0.4, -0.2) is 30.5 Å². The molecule has 0 atom stereocenters. The summed E-state index contributed by atoms with van der Waals surface area (Å²) in [7, 11) is 0. The van der Waals surface area contributed by atoms with Gasteiger partial charge in [-0.1, -0.05) is 11.6 Å². The highest BCUT2D eigenvalue weighted by Gasteiger charge is 2.31. The zero-order valence-corrected chi connectivity index (χ0v) is 15.4. The van der Waals surface area contributed by atoms with Crippen LogP contribution in [0.15, 0.2) is 30.0 Å². The maximum absolute atomic E-state index is 12.6. The van der Waals surface area contributed by atoms with Gasteiger partial charge in [-0.2, -0.15) is 13.2 Å². The first-order valence-electron chi connectivity index (χ1n) is 9.67. The van der Waals surface area contributed by atoms with Crippen molar-refractivity contribution in [1.29, 1.82) is 0 Å². The fourth-order valence-electron chi connectivity index (χ4n) is 3.73. The molecule has 3 rings (SSSR count). The number of nitrogens with zero attached hydrogens (tertiary/aromatic N) is 2. The lowest BCUT2D eigenvalue weighted by molar-refractivity contribution is -0.137. The van der Waals surface area contributed by atoms with Gasteiger partial charge in [-0.25, -0.2) is 4.98 Å². The van der Waals surface area contributed by atoms with Crippen LogP contribution in [0.5, 0.6) is 0 Å². The standard InChI is InChI=1S/C20H26F3N3O/c21-20(22,23)17-6-7-18(25-14-17)26-12-9-16(10-13-26)19(27)24-11-8-15-4-2-1-3-5-15/h4,6-7,14,16H,1-3,5,8-13H2,(H,24,27). The second kappa shape index (κ2) is 8.76. The first kappa shape index (κ1) is 19.7. The minimum Gasteiger partial charge on any atom is -0.357 e. The minimum absolute atomic E-state index is 0.0315. The van der Waals surface area contributed by atoms with Gasteiger partial charge >= 0.3 is 6.18 Å². The van der Waals surface area contributed by atoms with Crippen LogP contribution in [0.2, 0.25) is 0 Å². The van der Waals surface area contributed by atoms with Gasteiger partial charge in [0, 0.05) is 31.7 Å². The monoisotopic (exact) mass is 381 g/mol. The molecule has 1 amide bonds. The Morgan fingerprint density at radius 1 is 1.22 bits per heavy atom. The molecule has 1 aliphatic heterocycles. The predicted octanol–water partition coefficient (Wildman–Crippen LogP) is 4.32. The Hall–Kier alpha value is -2.05. The molecule has 4 nitrogen and oxygen atoms in total. The Labute approximate surface area is 157 Å². The number of carbonyl (C=O) groups excluding carboxylic acids is 1. The molecule has 2 heterocycles. The van der Waals surface area contributed by atoms with Crippen LogP contribution >= 0.6 is 0 Å². The summed E-state index contributed by atoms with van der Waals surface area (Å²) in [4.78, 5) is 18.2. The number of anilines is 1. The molecule has 0 saturated carbocycles. The molecule has 1 aromatic heterocycles. The highest BCUT2D eigenvalue weighted by Crippen LogP contribution is 2.30. The number of amides is 1. The van der Waals surface area contributed by atoms with Crippen molar-refractivity contribution in [3.63, 3.8) is 0 Å². The van der Waals surface area contributed by atoms with E-state index in [0.717, 1.165) is 31.5 Å². The maximum Gasteiger partial charge on any atom is 0.417 e. The summed E-state index contributed by atoms with van der Waals surface area (Å²) in [5.74, 6) is 0.591. The number of aromatic nitrogens is 1. The highest BCUT2D eigenvalue weighted by molar-refractivity contribution is 5.79. The zero-order valence-electron chi connectivity index (χ0n) is 15.4. The molecular formula is C20H26F3N3O. The van der Waals surface area contributed by atoms with Gasteiger partial charge in [-0.05, 0) is 57.1 Å². The Kier molecular flexibility index (Phi) is 6.39. The van der Waals surface area contributed by atoms with Crippen LogP contribution in [0, 0.1) is 5.92 Å². The van der Waals surface area contributed by atoms with Gasteiger partial charge in [0.2, 0.25) is 5.91 Å². The van der Waals surface area contributed by atoms with Crippen molar-refractivity contribution >= 4 is 11.7 Å². The van der Waals surface area contributed by atoms with Crippen LogP contribution in [0.1, 0.15) is 50.5 Å². The van der Waals surface area contributed by atoms with E-state index in [1.807, 2.05) is 4.90 Å². The predicted molar refractivity (Wildman–Crippen MR) is 98.4 cm³/mol. The lowest BCUT2D eigenvalue weighted by Crippen LogP contribution is -2.41. The van der Waals surface area contributed by atoms with E-state index in [9.17, 15) is 18.0 Å². The Balaban J connectivity index is 1.42. The molecular weight excluding hydrogens is 355 g/mol. The van der Waals surface area contributed by atoms with Crippen molar-refractivity contribution < 1.29 is 18.0 Å².